The van der Waals surface area contributed by atoms with Crippen molar-refractivity contribution in [3.63, 3.8) is 0 Å². The first-order chi connectivity index (χ1) is 11.6. The lowest BCUT2D eigenvalue weighted by Gasteiger charge is -2.17. The van der Waals surface area contributed by atoms with Crippen LogP contribution in [0.2, 0.25) is 0 Å². The second kappa shape index (κ2) is 11.1. The Kier molecular flexibility index (Phi) is 9.49. The van der Waals surface area contributed by atoms with Gasteiger partial charge in [0.25, 0.3) is 0 Å². The summed E-state index contributed by atoms with van der Waals surface area (Å²) < 4.78 is 27.0. The highest BCUT2D eigenvalue weighted by Crippen LogP contribution is 2.36. The van der Waals surface area contributed by atoms with Crippen LogP contribution in [-0.4, -0.2) is 19.0 Å². The average Bonchev–Trinajstić information content (AvgIpc) is 2.58. The van der Waals surface area contributed by atoms with Crippen molar-refractivity contribution in [3.8, 4) is 0 Å². The smallest absolute Gasteiger partial charge is 0.237 e. The molecule has 0 aromatic heterocycles. The van der Waals surface area contributed by atoms with E-state index in [1.165, 1.54) is 12.1 Å². The lowest BCUT2D eigenvalue weighted by molar-refractivity contribution is -0.120. The van der Waals surface area contributed by atoms with E-state index in [9.17, 15) is 13.6 Å². The summed E-state index contributed by atoms with van der Waals surface area (Å²) in [6.45, 7) is 1.10. The van der Waals surface area contributed by atoms with Gasteiger partial charge in [-0.05, 0) is 37.1 Å². The zero-order chi connectivity index (χ0) is 17.4. The Morgan fingerprint density at radius 1 is 1.12 bits per heavy atom. The summed E-state index contributed by atoms with van der Waals surface area (Å²) in [7, 11) is 0. The van der Waals surface area contributed by atoms with Gasteiger partial charge in [0.2, 0.25) is 5.91 Å². The van der Waals surface area contributed by atoms with Crippen LogP contribution in [0.5, 0.6) is 0 Å². The number of rotatable bonds is 8. The number of benzene rings is 2. The van der Waals surface area contributed by atoms with Crippen molar-refractivity contribution in [1.29, 1.82) is 0 Å². The van der Waals surface area contributed by atoms with E-state index in [2.05, 4.69) is 5.32 Å². The topological polar surface area (TPSA) is 55.1 Å². The van der Waals surface area contributed by atoms with E-state index in [0.717, 1.165) is 36.2 Å². The molecule has 0 spiro atoms. The van der Waals surface area contributed by atoms with Crippen LogP contribution < -0.4 is 11.1 Å². The molecule has 2 aromatic rings. The summed E-state index contributed by atoms with van der Waals surface area (Å²) in [4.78, 5) is 12.8. The quantitative estimate of drug-likeness (QED) is 0.531. The lowest BCUT2D eigenvalue weighted by Crippen LogP contribution is -2.29. The maximum Gasteiger partial charge on any atom is 0.237 e. The average molecular weight is 387 g/mol. The van der Waals surface area contributed by atoms with Crippen LogP contribution in [0.3, 0.4) is 0 Å². The van der Waals surface area contributed by atoms with Gasteiger partial charge in [-0.1, -0.05) is 30.3 Å². The fourth-order valence-electron chi connectivity index (χ4n) is 2.17. The summed E-state index contributed by atoms with van der Waals surface area (Å²) in [5.41, 5.74) is 6.20. The second-order valence-electron chi connectivity index (χ2n) is 5.27. The molecule has 0 radical (unpaired) electrons. The van der Waals surface area contributed by atoms with Crippen LogP contribution in [0.15, 0.2) is 53.4 Å². The van der Waals surface area contributed by atoms with E-state index in [1.807, 2.05) is 30.3 Å². The highest BCUT2D eigenvalue weighted by Gasteiger charge is 2.23. The number of halogens is 3. The molecule has 0 bridgehead atoms. The standard InChI is InChI=1S/C18H20F2N2OS.ClH/c19-14-8-9-16(15(20)12-14)24-17(13-6-2-1-3-7-13)18(23)22-11-5-4-10-21;/h1-3,6-9,12,17H,4-5,10-11,21H2,(H,22,23);1H. The largest absolute Gasteiger partial charge is 0.355 e. The Labute approximate surface area is 156 Å². The van der Waals surface area contributed by atoms with Crippen LogP contribution in [-0.2, 0) is 4.79 Å². The van der Waals surface area contributed by atoms with E-state index >= 15 is 0 Å². The molecule has 1 amide bonds. The third-order valence-corrected chi connectivity index (χ3v) is 4.72. The van der Waals surface area contributed by atoms with Gasteiger partial charge in [0.05, 0.1) is 0 Å². The number of hydrogen-bond donors (Lipinski definition) is 2. The minimum absolute atomic E-state index is 0. The third kappa shape index (κ3) is 6.65. The molecule has 2 aromatic carbocycles. The monoisotopic (exact) mass is 386 g/mol. The number of nitrogens with one attached hydrogen (secondary N) is 1. The van der Waals surface area contributed by atoms with E-state index < -0.39 is 16.9 Å². The molecule has 25 heavy (non-hydrogen) atoms. The summed E-state index contributed by atoms with van der Waals surface area (Å²) in [5, 5.41) is 2.25. The van der Waals surface area contributed by atoms with Gasteiger partial charge in [-0.25, -0.2) is 8.78 Å². The fraction of sp³-hybridized carbons (Fsp3) is 0.278. The molecule has 1 atom stereocenters. The number of thioether (sulfide) groups is 1. The van der Waals surface area contributed by atoms with Gasteiger partial charge in [0, 0.05) is 17.5 Å². The van der Waals surface area contributed by atoms with Crippen molar-refractivity contribution in [3.05, 3.63) is 65.7 Å². The van der Waals surface area contributed by atoms with Gasteiger partial charge in [0.1, 0.15) is 16.9 Å². The molecule has 0 aliphatic carbocycles. The van der Waals surface area contributed by atoms with Crippen LogP contribution in [0.4, 0.5) is 8.78 Å². The van der Waals surface area contributed by atoms with E-state index in [4.69, 9.17) is 5.73 Å². The minimum atomic E-state index is -0.670. The first-order valence-electron chi connectivity index (χ1n) is 7.76. The van der Waals surface area contributed by atoms with Crippen LogP contribution in [0, 0.1) is 11.6 Å². The van der Waals surface area contributed by atoms with Crippen LogP contribution >= 0.6 is 24.2 Å². The predicted octanol–water partition coefficient (Wildman–Crippen LogP) is 4.08. The number of carbonyl (C=O) groups is 1. The van der Waals surface area contributed by atoms with Gasteiger partial charge in [-0.2, -0.15) is 0 Å². The molecule has 0 aliphatic rings. The Hall–Kier alpha value is -1.63. The molecule has 2 rings (SSSR count). The van der Waals surface area contributed by atoms with Gasteiger partial charge < -0.3 is 11.1 Å². The normalized spacial score (nSPS) is 11.5. The summed E-state index contributed by atoms with van der Waals surface area (Å²) in [6.07, 6.45) is 1.62. The van der Waals surface area contributed by atoms with Crippen LogP contribution in [0.1, 0.15) is 23.7 Å². The molecular formula is C18H21ClF2N2OS. The number of nitrogens with two attached hydrogens (primary N) is 1. The SMILES string of the molecule is Cl.NCCCCNC(=O)C(Sc1ccc(F)cc1F)c1ccccc1. The predicted molar refractivity (Wildman–Crippen MR) is 99.9 cm³/mol. The first kappa shape index (κ1) is 21.4. The summed E-state index contributed by atoms with van der Waals surface area (Å²) in [6, 6.07) is 12.5. The number of unbranched alkanes of at least 4 members (excludes halogenated alkanes) is 1. The number of carbonyl (C=O) groups excluding carboxylic acids is 1. The van der Waals surface area contributed by atoms with Crippen molar-refractivity contribution in [2.45, 2.75) is 23.0 Å². The molecular weight excluding hydrogens is 366 g/mol. The highest BCUT2D eigenvalue weighted by atomic mass is 35.5. The Morgan fingerprint density at radius 3 is 2.48 bits per heavy atom. The number of amides is 1. The van der Waals surface area contributed by atoms with Crippen molar-refractivity contribution in [1.82, 2.24) is 5.32 Å². The third-order valence-electron chi connectivity index (χ3n) is 3.41. The Balaban J connectivity index is 0.00000312. The molecule has 0 aliphatic heterocycles. The van der Waals surface area contributed by atoms with E-state index in [0.29, 0.717) is 13.1 Å². The molecule has 3 N–H and O–H groups in total. The molecule has 0 saturated heterocycles. The summed E-state index contributed by atoms with van der Waals surface area (Å²) in [5.74, 6) is -1.51. The van der Waals surface area contributed by atoms with Crippen LogP contribution in [0.25, 0.3) is 0 Å². The molecule has 3 nitrogen and oxygen atoms in total. The molecule has 0 heterocycles. The first-order valence-corrected chi connectivity index (χ1v) is 8.64. The van der Waals surface area contributed by atoms with Gasteiger partial charge in [0.15, 0.2) is 0 Å². The molecule has 0 saturated carbocycles. The maximum absolute atomic E-state index is 13.9. The number of hydrogen-bond acceptors (Lipinski definition) is 3. The van der Waals surface area contributed by atoms with Gasteiger partial charge in [-0.15, -0.1) is 24.2 Å². The maximum atomic E-state index is 13.9. The molecule has 7 heteroatoms. The van der Waals surface area contributed by atoms with Crippen molar-refractivity contribution in [2.24, 2.45) is 5.73 Å². The molecule has 1 unspecified atom stereocenters. The van der Waals surface area contributed by atoms with Crippen molar-refractivity contribution >= 4 is 30.1 Å². The molecule has 0 fully saturated rings. The Bertz CT molecular complexity index is 673. The van der Waals surface area contributed by atoms with E-state index in [1.54, 1.807) is 0 Å². The Morgan fingerprint density at radius 2 is 1.84 bits per heavy atom. The van der Waals surface area contributed by atoms with Crippen molar-refractivity contribution < 1.29 is 13.6 Å². The van der Waals surface area contributed by atoms with Gasteiger partial charge >= 0.3 is 0 Å². The van der Waals surface area contributed by atoms with E-state index in [-0.39, 0.29) is 23.2 Å². The minimum Gasteiger partial charge on any atom is -0.355 e. The second-order valence-corrected chi connectivity index (χ2v) is 6.42. The highest BCUT2D eigenvalue weighted by molar-refractivity contribution is 8.00. The lowest BCUT2D eigenvalue weighted by atomic mass is 10.1. The fourth-order valence-corrected chi connectivity index (χ4v) is 3.23. The zero-order valence-corrected chi connectivity index (χ0v) is 15.2. The summed E-state index contributed by atoms with van der Waals surface area (Å²) >= 11 is 1.07. The molecule has 136 valence electrons. The van der Waals surface area contributed by atoms with Gasteiger partial charge in [-0.3, -0.25) is 4.79 Å². The zero-order valence-electron chi connectivity index (χ0n) is 13.6. The van der Waals surface area contributed by atoms with Crippen molar-refractivity contribution in [2.75, 3.05) is 13.1 Å².